The van der Waals surface area contributed by atoms with Crippen LogP contribution in [0.3, 0.4) is 0 Å². The molecule has 0 saturated carbocycles. The zero-order valence-electron chi connectivity index (χ0n) is 8.05. The van der Waals surface area contributed by atoms with Gasteiger partial charge in [-0.25, -0.2) is 0 Å². The maximum Gasteiger partial charge on any atom is -0.000819 e. The van der Waals surface area contributed by atoms with Crippen LogP contribution in [0.1, 0.15) is 27.7 Å². The van der Waals surface area contributed by atoms with E-state index in [1.54, 1.807) is 0 Å². The second-order valence-electron chi connectivity index (χ2n) is 4.23. The van der Waals surface area contributed by atoms with E-state index >= 15 is 0 Å². The Morgan fingerprint density at radius 1 is 1.36 bits per heavy atom. The molecule has 0 N–H and O–H groups in total. The summed E-state index contributed by atoms with van der Waals surface area (Å²) in [4.78, 5) is 0. The minimum Gasteiger partial charge on any atom is -0.179 e. The van der Waals surface area contributed by atoms with Gasteiger partial charge < -0.3 is 0 Å². The molecule has 0 aliphatic carbocycles. The van der Waals surface area contributed by atoms with Crippen molar-refractivity contribution in [2.75, 3.05) is 17.3 Å². The van der Waals surface area contributed by atoms with Crippen LogP contribution >= 0.6 is 24.4 Å². The Morgan fingerprint density at radius 2 is 1.91 bits per heavy atom. The quantitative estimate of drug-likeness (QED) is 0.652. The second-order valence-corrected chi connectivity index (χ2v) is 5.58. The summed E-state index contributed by atoms with van der Waals surface area (Å²) in [7, 11) is 0. The highest BCUT2D eigenvalue weighted by Crippen LogP contribution is 2.23. The monoisotopic (exact) mass is 192 g/mol. The van der Waals surface area contributed by atoms with Gasteiger partial charge in [-0.3, -0.25) is 0 Å². The van der Waals surface area contributed by atoms with Gasteiger partial charge in [0.15, 0.2) is 0 Å². The summed E-state index contributed by atoms with van der Waals surface area (Å²) in [5.74, 6) is 4.31. The van der Waals surface area contributed by atoms with Crippen molar-refractivity contribution in [3.63, 3.8) is 0 Å². The molecule has 0 aliphatic rings. The molecule has 0 heterocycles. The second kappa shape index (κ2) is 5.36. The Morgan fingerprint density at radius 3 is 2.27 bits per heavy atom. The molecule has 0 radical (unpaired) electrons. The lowest BCUT2D eigenvalue weighted by molar-refractivity contribution is 0.493. The normalized spacial score (nSPS) is 12.5. The SMILES string of the molecule is CC(C)CSCC(C)(C)CS. The number of hydrogen-bond donors (Lipinski definition) is 1. The van der Waals surface area contributed by atoms with Crippen LogP contribution in [-0.2, 0) is 0 Å². The highest BCUT2D eigenvalue weighted by molar-refractivity contribution is 7.99. The minimum absolute atomic E-state index is 0.405. The molecule has 0 nitrogen and oxygen atoms in total. The van der Waals surface area contributed by atoms with Crippen molar-refractivity contribution in [1.82, 2.24) is 0 Å². The largest absolute Gasteiger partial charge is 0.179 e. The van der Waals surface area contributed by atoms with E-state index in [-0.39, 0.29) is 0 Å². The third-order valence-corrected chi connectivity index (χ3v) is 4.12. The molecular formula is C9H20S2. The summed E-state index contributed by atoms with van der Waals surface area (Å²) in [6.45, 7) is 9.07. The Kier molecular flexibility index (Phi) is 5.71. The first-order chi connectivity index (χ1) is 4.98. The number of hydrogen-bond acceptors (Lipinski definition) is 2. The van der Waals surface area contributed by atoms with E-state index in [0.717, 1.165) is 11.7 Å². The van der Waals surface area contributed by atoms with Crippen molar-refractivity contribution in [3.8, 4) is 0 Å². The van der Waals surface area contributed by atoms with Gasteiger partial charge in [0, 0.05) is 0 Å². The van der Waals surface area contributed by atoms with Gasteiger partial charge in [-0.15, -0.1) is 0 Å². The first-order valence-corrected chi connectivity index (χ1v) is 5.95. The van der Waals surface area contributed by atoms with Gasteiger partial charge in [0.25, 0.3) is 0 Å². The smallest absolute Gasteiger partial charge is 0.000819 e. The number of thiol groups is 1. The standard InChI is InChI=1S/C9H20S2/c1-8(2)5-11-7-9(3,4)6-10/h8,10H,5-7H2,1-4H3. The Hall–Kier alpha value is 0.700. The Balaban J connectivity index is 3.38. The lowest BCUT2D eigenvalue weighted by atomic mass is 10.0. The van der Waals surface area contributed by atoms with Gasteiger partial charge in [0.2, 0.25) is 0 Å². The Labute approximate surface area is 80.9 Å². The van der Waals surface area contributed by atoms with Crippen LogP contribution in [0.4, 0.5) is 0 Å². The molecule has 0 aromatic heterocycles. The third-order valence-electron chi connectivity index (χ3n) is 1.37. The average Bonchev–Trinajstić information content (AvgIpc) is 1.87. The van der Waals surface area contributed by atoms with Crippen molar-refractivity contribution >= 4 is 24.4 Å². The molecule has 0 fully saturated rings. The molecule has 0 rings (SSSR count). The molecule has 0 amide bonds. The van der Waals surface area contributed by atoms with Gasteiger partial charge in [-0.1, -0.05) is 27.7 Å². The molecule has 2 heteroatoms. The molecular weight excluding hydrogens is 172 g/mol. The van der Waals surface area contributed by atoms with Gasteiger partial charge in [0.05, 0.1) is 0 Å². The highest BCUT2D eigenvalue weighted by Gasteiger charge is 2.15. The van der Waals surface area contributed by atoms with E-state index < -0.39 is 0 Å². The minimum atomic E-state index is 0.405. The van der Waals surface area contributed by atoms with Crippen LogP contribution in [0.25, 0.3) is 0 Å². The van der Waals surface area contributed by atoms with E-state index in [9.17, 15) is 0 Å². The molecule has 0 aliphatic heterocycles. The zero-order chi connectivity index (χ0) is 8.91. The van der Waals surface area contributed by atoms with E-state index in [2.05, 4.69) is 40.3 Å². The number of rotatable bonds is 5. The summed E-state index contributed by atoms with van der Waals surface area (Å²) < 4.78 is 0. The van der Waals surface area contributed by atoms with Gasteiger partial charge in [-0.05, 0) is 28.6 Å². The van der Waals surface area contributed by atoms with E-state index in [1.165, 1.54) is 11.5 Å². The van der Waals surface area contributed by atoms with Crippen LogP contribution < -0.4 is 0 Å². The Bertz CT molecular complexity index is 97.7. The average molecular weight is 192 g/mol. The van der Waals surface area contributed by atoms with Crippen molar-refractivity contribution < 1.29 is 0 Å². The topological polar surface area (TPSA) is 0 Å². The first-order valence-electron chi connectivity index (χ1n) is 4.16. The molecule has 68 valence electrons. The van der Waals surface area contributed by atoms with Crippen LogP contribution in [0.2, 0.25) is 0 Å². The fraction of sp³-hybridized carbons (Fsp3) is 1.00. The fourth-order valence-electron chi connectivity index (χ4n) is 0.617. The van der Waals surface area contributed by atoms with Crippen molar-refractivity contribution in [3.05, 3.63) is 0 Å². The lowest BCUT2D eigenvalue weighted by Gasteiger charge is -2.21. The van der Waals surface area contributed by atoms with Crippen molar-refractivity contribution in [1.29, 1.82) is 0 Å². The van der Waals surface area contributed by atoms with E-state index in [0.29, 0.717) is 5.41 Å². The molecule has 11 heavy (non-hydrogen) atoms. The maximum atomic E-state index is 4.31. The highest BCUT2D eigenvalue weighted by atomic mass is 32.2. The fourth-order valence-corrected chi connectivity index (χ4v) is 2.12. The molecule has 0 saturated heterocycles. The van der Waals surface area contributed by atoms with Gasteiger partial charge in [0.1, 0.15) is 0 Å². The molecule has 0 bridgehead atoms. The van der Waals surface area contributed by atoms with E-state index in [1.807, 2.05) is 11.8 Å². The van der Waals surface area contributed by atoms with Crippen molar-refractivity contribution in [2.24, 2.45) is 11.3 Å². The summed E-state index contributed by atoms with van der Waals surface area (Å²) in [5, 5.41) is 0. The molecule has 0 spiro atoms. The zero-order valence-corrected chi connectivity index (χ0v) is 9.77. The molecule has 0 aromatic rings. The van der Waals surface area contributed by atoms with Gasteiger partial charge in [-0.2, -0.15) is 24.4 Å². The maximum absolute atomic E-state index is 4.31. The molecule has 0 unspecified atom stereocenters. The van der Waals surface area contributed by atoms with Crippen LogP contribution in [-0.4, -0.2) is 17.3 Å². The molecule has 0 aromatic carbocycles. The molecule has 0 atom stereocenters. The summed E-state index contributed by atoms with van der Waals surface area (Å²) in [6.07, 6.45) is 0. The summed E-state index contributed by atoms with van der Waals surface area (Å²) >= 11 is 6.36. The van der Waals surface area contributed by atoms with Crippen LogP contribution in [0.15, 0.2) is 0 Å². The predicted molar refractivity (Wildman–Crippen MR) is 59.8 cm³/mol. The van der Waals surface area contributed by atoms with Crippen LogP contribution in [0, 0.1) is 11.3 Å². The number of thioether (sulfide) groups is 1. The predicted octanol–water partition coefficient (Wildman–Crippen LogP) is 3.33. The van der Waals surface area contributed by atoms with Gasteiger partial charge >= 0.3 is 0 Å². The lowest BCUT2D eigenvalue weighted by Crippen LogP contribution is -2.17. The van der Waals surface area contributed by atoms with E-state index in [4.69, 9.17) is 0 Å². The summed E-state index contributed by atoms with van der Waals surface area (Å²) in [5.41, 5.74) is 0.405. The summed E-state index contributed by atoms with van der Waals surface area (Å²) in [6, 6.07) is 0. The van der Waals surface area contributed by atoms with Crippen molar-refractivity contribution in [2.45, 2.75) is 27.7 Å². The third kappa shape index (κ3) is 7.07. The first kappa shape index (κ1) is 11.7. The van der Waals surface area contributed by atoms with Crippen LogP contribution in [0.5, 0.6) is 0 Å².